The number of aliphatic hydroxyl groups excluding tert-OH is 2. The van der Waals surface area contributed by atoms with Crippen LogP contribution >= 0.6 is 0 Å². The van der Waals surface area contributed by atoms with Crippen molar-refractivity contribution in [1.82, 2.24) is 0 Å². The first-order valence-corrected chi connectivity index (χ1v) is 13.6. The Bertz CT molecular complexity index is 1090. The van der Waals surface area contributed by atoms with Crippen LogP contribution in [0, 0.1) is 0 Å². The van der Waals surface area contributed by atoms with Crippen molar-refractivity contribution in [3.8, 4) is 0 Å². The second-order valence-electron chi connectivity index (χ2n) is 9.56. The van der Waals surface area contributed by atoms with Crippen molar-refractivity contribution in [2.75, 3.05) is 13.2 Å². The molecule has 0 aliphatic heterocycles. The van der Waals surface area contributed by atoms with E-state index in [2.05, 4.69) is 0 Å². The Balaban J connectivity index is 1.59. The molecule has 6 heteroatoms. The van der Waals surface area contributed by atoms with E-state index in [0.717, 1.165) is 22.3 Å². The summed E-state index contributed by atoms with van der Waals surface area (Å²) in [5.74, 6) is 0. The summed E-state index contributed by atoms with van der Waals surface area (Å²) in [6.07, 6.45) is -2.96. The first kappa shape index (κ1) is 29.6. The number of hydrogen-bond acceptors (Lipinski definition) is 6. The molecule has 0 aliphatic carbocycles. The topological polar surface area (TPSA) is 77.4 Å². The molecular weight excluding hydrogens is 504 g/mol. The highest BCUT2D eigenvalue weighted by atomic mass is 16.6. The van der Waals surface area contributed by atoms with E-state index in [1.807, 2.05) is 121 Å². The third-order valence-electron chi connectivity index (χ3n) is 6.60. The first-order valence-electron chi connectivity index (χ1n) is 13.6. The molecule has 0 bridgehead atoms. The molecule has 4 aromatic carbocycles. The smallest absolute Gasteiger partial charge is 0.115 e. The van der Waals surface area contributed by atoms with Crippen molar-refractivity contribution in [2.24, 2.45) is 0 Å². The molecule has 0 saturated carbocycles. The van der Waals surface area contributed by atoms with Crippen LogP contribution in [0.4, 0.5) is 0 Å². The Morgan fingerprint density at radius 2 is 0.625 bits per heavy atom. The Hall–Kier alpha value is -3.36. The molecule has 210 valence electrons. The third-order valence-corrected chi connectivity index (χ3v) is 6.60. The fourth-order valence-corrected chi connectivity index (χ4v) is 4.42. The van der Waals surface area contributed by atoms with Crippen molar-refractivity contribution in [1.29, 1.82) is 0 Å². The van der Waals surface area contributed by atoms with Gasteiger partial charge in [-0.3, -0.25) is 0 Å². The van der Waals surface area contributed by atoms with Crippen LogP contribution in [-0.4, -0.2) is 47.8 Å². The summed E-state index contributed by atoms with van der Waals surface area (Å²) in [7, 11) is 0. The fourth-order valence-electron chi connectivity index (χ4n) is 4.42. The maximum Gasteiger partial charge on any atom is 0.115 e. The lowest BCUT2D eigenvalue weighted by atomic mass is 10.0. The van der Waals surface area contributed by atoms with Crippen LogP contribution < -0.4 is 0 Å². The van der Waals surface area contributed by atoms with Gasteiger partial charge < -0.3 is 29.2 Å². The van der Waals surface area contributed by atoms with Gasteiger partial charge in [-0.15, -0.1) is 0 Å². The lowest BCUT2D eigenvalue weighted by Gasteiger charge is -2.36. The van der Waals surface area contributed by atoms with Crippen LogP contribution in [0.15, 0.2) is 121 Å². The molecule has 0 radical (unpaired) electrons. The van der Waals surface area contributed by atoms with Crippen LogP contribution in [0.2, 0.25) is 0 Å². The lowest BCUT2D eigenvalue weighted by molar-refractivity contribution is -0.201. The van der Waals surface area contributed by atoms with E-state index in [9.17, 15) is 10.2 Å². The van der Waals surface area contributed by atoms with Gasteiger partial charge >= 0.3 is 0 Å². The van der Waals surface area contributed by atoms with Crippen LogP contribution in [-0.2, 0) is 45.4 Å². The van der Waals surface area contributed by atoms with E-state index in [4.69, 9.17) is 18.9 Å². The largest absolute Gasteiger partial charge is 0.394 e. The Kier molecular flexibility index (Phi) is 12.3. The summed E-state index contributed by atoms with van der Waals surface area (Å²) >= 11 is 0. The zero-order valence-corrected chi connectivity index (χ0v) is 22.6. The van der Waals surface area contributed by atoms with Gasteiger partial charge in [0.25, 0.3) is 0 Å². The lowest BCUT2D eigenvalue weighted by Crippen LogP contribution is -2.51. The molecule has 2 N–H and O–H groups in total. The highest BCUT2D eigenvalue weighted by molar-refractivity contribution is 5.16. The van der Waals surface area contributed by atoms with Crippen molar-refractivity contribution in [3.05, 3.63) is 144 Å². The highest BCUT2D eigenvalue weighted by Gasteiger charge is 2.38. The van der Waals surface area contributed by atoms with Crippen LogP contribution in [0.5, 0.6) is 0 Å². The Morgan fingerprint density at radius 3 is 0.875 bits per heavy atom. The van der Waals surface area contributed by atoms with Gasteiger partial charge in [-0.2, -0.15) is 0 Å². The second kappa shape index (κ2) is 16.7. The third kappa shape index (κ3) is 9.38. The van der Waals surface area contributed by atoms with E-state index in [1.54, 1.807) is 0 Å². The monoisotopic (exact) mass is 542 g/mol. The summed E-state index contributed by atoms with van der Waals surface area (Å²) < 4.78 is 25.4. The van der Waals surface area contributed by atoms with E-state index < -0.39 is 24.4 Å². The quantitative estimate of drug-likeness (QED) is 0.188. The number of rotatable bonds is 17. The zero-order chi connectivity index (χ0) is 27.8. The van der Waals surface area contributed by atoms with Crippen molar-refractivity contribution < 1.29 is 29.2 Å². The highest BCUT2D eigenvalue weighted by Crippen LogP contribution is 2.23. The normalized spacial score (nSPS) is 14.3. The summed E-state index contributed by atoms with van der Waals surface area (Å²) in [6.45, 7) is 0.536. The molecule has 0 aliphatic rings. The van der Waals surface area contributed by atoms with Crippen molar-refractivity contribution >= 4 is 0 Å². The van der Waals surface area contributed by atoms with Gasteiger partial charge in [-0.05, 0) is 22.3 Å². The summed E-state index contributed by atoms with van der Waals surface area (Å²) in [4.78, 5) is 0. The summed E-state index contributed by atoms with van der Waals surface area (Å²) in [5.41, 5.74) is 3.90. The minimum Gasteiger partial charge on any atom is -0.394 e. The summed E-state index contributed by atoms with van der Waals surface area (Å²) in [5, 5.41) is 21.0. The predicted octanol–water partition coefficient (Wildman–Crippen LogP) is 5.31. The van der Waals surface area contributed by atoms with E-state index in [-0.39, 0.29) is 39.6 Å². The standard InChI is InChI=1S/C34H38O6/c35-21-31(37-23-27-13-5-1-6-14-27)33(39-25-29-17-9-3-10-18-29)34(40-26-30-19-11-4-12-20-30)32(22-36)38-24-28-15-7-2-8-16-28/h1-20,31-36H,21-26H2/t31-,32+,33+,34-. The molecule has 0 unspecified atom stereocenters. The Morgan fingerprint density at radius 1 is 0.375 bits per heavy atom. The SMILES string of the molecule is OC[C@H](OCc1ccccc1)[C@@H](OCc1ccccc1)[C@@H](OCc1ccccc1)[C@@H](CO)OCc1ccccc1. The molecule has 4 rings (SSSR count). The average Bonchev–Trinajstić information content (AvgIpc) is 3.02. The zero-order valence-electron chi connectivity index (χ0n) is 22.6. The minimum atomic E-state index is -0.745. The van der Waals surface area contributed by atoms with E-state index in [0.29, 0.717) is 0 Å². The van der Waals surface area contributed by atoms with Crippen LogP contribution in [0.25, 0.3) is 0 Å². The molecule has 0 heterocycles. The molecule has 4 atom stereocenters. The molecule has 0 aromatic heterocycles. The van der Waals surface area contributed by atoms with Gasteiger partial charge in [0.2, 0.25) is 0 Å². The molecule has 0 fully saturated rings. The minimum absolute atomic E-state index is 0.277. The molecule has 0 amide bonds. The maximum atomic E-state index is 10.5. The molecule has 4 aromatic rings. The van der Waals surface area contributed by atoms with Gasteiger partial charge in [0.1, 0.15) is 24.4 Å². The van der Waals surface area contributed by atoms with Gasteiger partial charge in [-0.25, -0.2) is 0 Å². The van der Waals surface area contributed by atoms with Gasteiger partial charge in [0.15, 0.2) is 0 Å². The number of benzene rings is 4. The first-order chi connectivity index (χ1) is 19.8. The van der Waals surface area contributed by atoms with Gasteiger partial charge in [0, 0.05) is 0 Å². The second-order valence-corrected chi connectivity index (χ2v) is 9.56. The fraction of sp³-hybridized carbons (Fsp3) is 0.294. The van der Waals surface area contributed by atoms with Gasteiger partial charge in [-0.1, -0.05) is 121 Å². The number of hydrogen-bond donors (Lipinski definition) is 2. The molecular formula is C34H38O6. The predicted molar refractivity (Wildman–Crippen MR) is 154 cm³/mol. The van der Waals surface area contributed by atoms with Gasteiger partial charge in [0.05, 0.1) is 39.6 Å². The average molecular weight is 543 g/mol. The van der Waals surface area contributed by atoms with E-state index in [1.165, 1.54) is 0 Å². The molecule has 40 heavy (non-hydrogen) atoms. The van der Waals surface area contributed by atoms with Crippen molar-refractivity contribution in [2.45, 2.75) is 50.8 Å². The van der Waals surface area contributed by atoms with Crippen LogP contribution in [0.1, 0.15) is 22.3 Å². The van der Waals surface area contributed by atoms with Crippen LogP contribution in [0.3, 0.4) is 0 Å². The number of aliphatic hydroxyl groups is 2. The molecule has 0 saturated heterocycles. The van der Waals surface area contributed by atoms with E-state index >= 15 is 0 Å². The van der Waals surface area contributed by atoms with Crippen molar-refractivity contribution in [3.63, 3.8) is 0 Å². The number of ether oxygens (including phenoxy) is 4. The molecule has 6 nitrogen and oxygen atoms in total. The molecule has 0 spiro atoms. The Labute approximate surface area is 236 Å². The summed E-state index contributed by atoms with van der Waals surface area (Å²) in [6, 6.07) is 39.2. The maximum absolute atomic E-state index is 10.5.